The lowest BCUT2D eigenvalue weighted by atomic mass is 10.0. The summed E-state index contributed by atoms with van der Waals surface area (Å²) in [7, 11) is 0. The van der Waals surface area contributed by atoms with Gasteiger partial charge in [-0.2, -0.15) is 4.98 Å². The van der Waals surface area contributed by atoms with E-state index in [-0.39, 0.29) is 18.1 Å². The Morgan fingerprint density at radius 3 is 3.26 bits per heavy atom. The average Bonchev–Trinajstić information content (AvgIpc) is 3.26. The number of thiophene rings is 1. The van der Waals surface area contributed by atoms with Crippen molar-refractivity contribution in [2.75, 3.05) is 13.2 Å². The standard InChI is InChI=1S/C16H19N3O3S/c1-10-17-16(18-22-10)12-3-2-6-19(12)14(20)9-13-15-11(4-7-21-13)5-8-23-15/h5,8,12-13H,2-4,6-7,9H2,1H3/t12-,13-/m0/s1. The molecule has 0 bridgehead atoms. The highest BCUT2D eigenvalue weighted by atomic mass is 32.1. The molecule has 0 saturated carbocycles. The number of carbonyl (C=O) groups is 1. The Kier molecular flexibility index (Phi) is 3.90. The van der Waals surface area contributed by atoms with Gasteiger partial charge in [0.2, 0.25) is 11.8 Å². The molecule has 0 aliphatic carbocycles. The number of amides is 1. The van der Waals surface area contributed by atoms with E-state index in [1.807, 2.05) is 4.90 Å². The van der Waals surface area contributed by atoms with Gasteiger partial charge in [-0.1, -0.05) is 5.16 Å². The Hall–Kier alpha value is -1.73. The molecule has 23 heavy (non-hydrogen) atoms. The molecular weight excluding hydrogens is 314 g/mol. The van der Waals surface area contributed by atoms with Crippen LogP contribution in [0.3, 0.4) is 0 Å². The molecule has 0 spiro atoms. The van der Waals surface area contributed by atoms with Crippen LogP contribution in [0.15, 0.2) is 16.0 Å². The Balaban J connectivity index is 1.49. The van der Waals surface area contributed by atoms with E-state index < -0.39 is 0 Å². The van der Waals surface area contributed by atoms with Gasteiger partial charge in [-0.05, 0) is 36.3 Å². The molecule has 0 unspecified atom stereocenters. The maximum atomic E-state index is 12.8. The summed E-state index contributed by atoms with van der Waals surface area (Å²) in [5.74, 6) is 1.27. The zero-order chi connectivity index (χ0) is 15.8. The molecule has 0 radical (unpaired) electrons. The molecular formula is C16H19N3O3S. The van der Waals surface area contributed by atoms with Crippen LogP contribution >= 0.6 is 11.3 Å². The second-order valence-corrected chi connectivity index (χ2v) is 6.99. The number of nitrogens with zero attached hydrogens (tertiary/aromatic N) is 3. The van der Waals surface area contributed by atoms with Crippen LogP contribution < -0.4 is 0 Å². The lowest BCUT2D eigenvalue weighted by molar-refractivity contribution is -0.135. The van der Waals surface area contributed by atoms with Gasteiger partial charge < -0.3 is 14.2 Å². The van der Waals surface area contributed by atoms with E-state index in [1.54, 1.807) is 18.3 Å². The molecule has 6 nitrogen and oxygen atoms in total. The SMILES string of the molecule is Cc1nc([C@@H]2CCCN2C(=O)C[C@@H]2OCCc3ccsc32)no1. The predicted molar refractivity (Wildman–Crippen MR) is 84.1 cm³/mol. The fourth-order valence-corrected chi connectivity index (χ4v) is 4.44. The normalized spacial score (nSPS) is 24.0. The quantitative estimate of drug-likeness (QED) is 0.864. The molecule has 2 aromatic rings. The Labute approximate surface area is 138 Å². The molecule has 2 aliphatic heterocycles. The lowest BCUT2D eigenvalue weighted by Crippen LogP contribution is -2.33. The number of aryl methyl sites for hydroxylation is 1. The number of hydrogen-bond donors (Lipinski definition) is 0. The molecule has 0 aromatic carbocycles. The summed E-state index contributed by atoms with van der Waals surface area (Å²) in [6, 6.07) is 2.08. The molecule has 0 N–H and O–H groups in total. The molecule has 122 valence electrons. The van der Waals surface area contributed by atoms with E-state index in [2.05, 4.69) is 21.6 Å². The van der Waals surface area contributed by atoms with E-state index in [0.29, 0.717) is 24.7 Å². The summed E-state index contributed by atoms with van der Waals surface area (Å²) in [5, 5.41) is 6.08. The number of fused-ring (bicyclic) bond motifs is 1. The van der Waals surface area contributed by atoms with E-state index >= 15 is 0 Å². The molecule has 1 fully saturated rings. The summed E-state index contributed by atoms with van der Waals surface area (Å²) in [6.45, 7) is 3.21. The smallest absolute Gasteiger partial charge is 0.226 e. The lowest BCUT2D eigenvalue weighted by Gasteiger charge is -2.27. The highest BCUT2D eigenvalue weighted by molar-refractivity contribution is 7.10. The predicted octanol–water partition coefficient (Wildman–Crippen LogP) is 2.81. The molecule has 1 saturated heterocycles. The van der Waals surface area contributed by atoms with Crippen molar-refractivity contribution in [2.24, 2.45) is 0 Å². The van der Waals surface area contributed by atoms with Crippen molar-refractivity contribution in [3.05, 3.63) is 33.6 Å². The molecule has 7 heteroatoms. The van der Waals surface area contributed by atoms with Crippen LogP contribution in [0, 0.1) is 6.92 Å². The van der Waals surface area contributed by atoms with Gasteiger partial charge in [0, 0.05) is 18.3 Å². The zero-order valence-electron chi connectivity index (χ0n) is 13.0. The first-order valence-electron chi connectivity index (χ1n) is 8.00. The van der Waals surface area contributed by atoms with Crippen LogP contribution in [-0.4, -0.2) is 34.1 Å². The minimum Gasteiger partial charge on any atom is -0.372 e. The fourth-order valence-electron chi connectivity index (χ4n) is 3.43. The van der Waals surface area contributed by atoms with Crippen molar-refractivity contribution in [2.45, 2.75) is 44.8 Å². The number of rotatable bonds is 3. The van der Waals surface area contributed by atoms with Gasteiger partial charge in [0.25, 0.3) is 0 Å². The summed E-state index contributed by atoms with van der Waals surface area (Å²) in [4.78, 5) is 20.2. The molecule has 4 rings (SSSR count). The van der Waals surface area contributed by atoms with Crippen molar-refractivity contribution in [3.63, 3.8) is 0 Å². The second-order valence-electron chi connectivity index (χ2n) is 6.04. The zero-order valence-corrected chi connectivity index (χ0v) is 13.8. The largest absolute Gasteiger partial charge is 0.372 e. The van der Waals surface area contributed by atoms with Gasteiger partial charge in [-0.25, -0.2) is 0 Å². The third-order valence-corrected chi connectivity index (χ3v) is 5.59. The number of likely N-dealkylation sites (tertiary alicyclic amines) is 1. The van der Waals surface area contributed by atoms with Crippen molar-refractivity contribution in [1.82, 2.24) is 15.0 Å². The van der Waals surface area contributed by atoms with Crippen LogP contribution in [0.25, 0.3) is 0 Å². The molecule has 2 aliphatic rings. The van der Waals surface area contributed by atoms with Crippen molar-refractivity contribution in [1.29, 1.82) is 0 Å². The van der Waals surface area contributed by atoms with Gasteiger partial charge in [-0.15, -0.1) is 11.3 Å². The van der Waals surface area contributed by atoms with Crippen LogP contribution in [-0.2, 0) is 16.0 Å². The van der Waals surface area contributed by atoms with E-state index in [0.717, 1.165) is 25.8 Å². The molecule has 4 heterocycles. The van der Waals surface area contributed by atoms with E-state index in [1.165, 1.54) is 10.4 Å². The maximum absolute atomic E-state index is 12.8. The van der Waals surface area contributed by atoms with Gasteiger partial charge >= 0.3 is 0 Å². The Morgan fingerprint density at radius 2 is 2.43 bits per heavy atom. The topological polar surface area (TPSA) is 68.5 Å². The molecule has 1 amide bonds. The highest BCUT2D eigenvalue weighted by Gasteiger charge is 2.35. The third kappa shape index (κ3) is 2.79. The minimum absolute atomic E-state index is 0.0636. The fraction of sp³-hybridized carbons (Fsp3) is 0.562. The van der Waals surface area contributed by atoms with Gasteiger partial charge in [0.15, 0.2) is 5.82 Å². The van der Waals surface area contributed by atoms with Crippen molar-refractivity contribution >= 4 is 17.2 Å². The van der Waals surface area contributed by atoms with Crippen LogP contribution in [0.4, 0.5) is 0 Å². The number of carbonyl (C=O) groups excluding carboxylic acids is 1. The summed E-state index contributed by atoms with van der Waals surface area (Å²) >= 11 is 1.68. The van der Waals surface area contributed by atoms with E-state index in [9.17, 15) is 4.79 Å². The number of aromatic nitrogens is 2. The minimum atomic E-state index is -0.112. The molecule has 2 atom stereocenters. The highest BCUT2D eigenvalue weighted by Crippen LogP contribution is 2.36. The first kappa shape index (κ1) is 14.8. The number of ether oxygens (including phenoxy) is 1. The van der Waals surface area contributed by atoms with Gasteiger partial charge in [-0.3, -0.25) is 4.79 Å². The van der Waals surface area contributed by atoms with Crippen LogP contribution in [0.1, 0.15) is 53.6 Å². The molecule has 2 aromatic heterocycles. The number of hydrogen-bond acceptors (Lipinski definition) is 6. The Morgan fingerprint density at radius 1 is 1.52 bits per heavy atom. The first-order chi connectivity index (χ1) is 11.2. The third-order valence-electron chi connectivity index (χ3n) is 4.54. The second kappa shape index (κ2) is 6.05. The van der Waals surface area contributed by atoms with Gasteiger partial charge in [0.05, 0.1) is 19.1 Å². The monoisotopic (exact) mass is 333 g/mol. The van der Waals surface area contributed by atoms with Crippen molar-refractivity contribution in [3.8, 4) is 0 Å². The van der Waals surface area contributed by atoms with Crippen LogP contribution in [0.2, 0.25) is 0 Å². The maximum Gasteiger partial charge on any atom is 0.226 e. The average molecular weight is 333 g/mol. The summed E-state index contributed by atoms with van der Waals surface area (Å²) in [6.07, 6.45) is 3.08. The van der Waals surface area contributed by atoms with E-state index in [4.69, 9.17) is 9.26 Å². The van der Waals surface area contributed by atoms with Crippen molar-refractivity contribution < 1.29 is 14.1 Å². The summed E-state index contributed by atoms with van der Waals surface area (Å²) < 4.78 is 10.9. The van der Waals surface area contributed by atoms with Crippen LogP contribution in [0.5, 0.6) is 0 Å². The van der Waals surface area contributed by atoms with Gasteiger partial charge in [0.1, 0.15) is 6.10 Å². The Bertz CT molecular complexity index is 711. The summed E-state index contributed by atoms with van der Waals surface area (Å²) in [5.41, 5.74) is 1.32. The first-order valence-corrected chi connectivity index (χ1v) is 8.88.